The van der Waals surface area contributed by atoms with Crippen LogP contribution in [0.1, 0.15) is 80.3 Å². The molecular formula is C25H34NaO4P. The predicted molar refractivity (Wildman–Crippen MR) is 120 cm³/mol. The van der Waals surface area contributed by atoms with E-state index >= 15 is 0 Å². The first-order valence-electron chi connectivity index (χ1n) is 10.5. The fraction of sp³-hybridized carbons (Fsp3) is 0.520. The van der Waals surface area contributed by atoms with E-state index in [2.05, 4.69) is 46.8 Å². The Hall–Kier alpha value is -0.770. The molecule has 0 amide bonds. The van der Waals surface area contributed by atoms with Gasteiger partial charge >= 0.3 is 37.4 Å². The zero-order valence-corrected chi connectivity index (χ0v) is 23.6. The van der Waals surface area contributed by atoms with Crippen molar-refractivity contribution < 1.29 is 48.1 Å². The third kappa shape index (κ3) is 5.78. The maximum Gasteiger partial charge on any atom is 1.00 e. The van der Waals surface area contributed by atoms with Gasteiger partial charge in [-0.3, -0.25) is 0 Å². The molecule has 0 spiro atoms. The molecule has 0 saturated carbocycles. The number of hydrogen-bond acceptors (Lipinski definition) is 4. The average Bonchev–Trinajstić information content (AvgIpc) is 2.50. The molecule has 0 bridgehead atoms. The first-order valence-corrected chi connectivity index (χ1v) is 12.0. The molecule has 1 aliphatic heterocycles. The van der Waals surface area contributed by atoms with Crippen molar-refractivity contribution in [2.24, 2.45) is 10.8 Å². The van der Waals surface area contributed by atoms with Crippen LogP contribution in [-0.2, 0) is 4.57 Å². The van der Waals surface area contributed by atoms with Gasteiger partial charge in [0.25, 0.3) is 0 Å². The molecule has 0 saturated heterocycles. The fourth-order valence-corrected chi connectivity index (χ4v) is 6.36. The number of rotatable bonds is 2. The standard InChI is InChI=1S/C25H35O4P.Na/c1-15-10-17(3)22-19(12-15)21(25(8,9)14-24(5,6)7)20-13-16(2)11-18(4)23(20)29-30(26,27)28-22;/h10-13,21H,14H2,1-9H3,(H,26,27);/q;+1/p-1. The molecule has 31 heavy (non-hydrogen) atoms. The maximum atomic E-state index is 12.8. The largest absolute Gasteiger partial charge is 1.00 e. The van der Waals surface area contributed by atoms with Crippen molar-refractivity contribution in [2.45, 2.75) is 74.7 Å². The fourth-order valence-electron chi connectivity index (χ4n) is 5.37. The Morgan fingerprint density at radius 3 is 1.58 bits per heavy atom. The monoisotopic (exact) mass is 452 g/mol. The molecule has 0 atom stereocenters. The normalized spacial score (nSPS) is 20.9. The van der Waals surface area contributed by atoms with Gasteiger partial charge in [-0.15, -0.1) is 0 Å². The van der Waals surface area contributed by atoms with Crippen molar-refractivity contribution in [1.82, 2.24) is 0 Å². The molecule has 2 aromatic carbocycles. The molecule has 164 valence electrons. The molecule has 0 fully saturated rings. The van der Waals surface area contributed by atoms with E-state index in [1.54, 1.807) is 0 Å². The Labute approximate surface area is 209 Å². The summed E-state index contributed by atoms with van der Waals surface area (Å²) >= 11 is 0. The summed E-state index contributed by atoms with van der Waals surface area (Å²) in [5.41, 5.74) is 5.50. The SMILES string of the molecule is Cc1cc(C)c2c(c1)C(C(C)(C)CC(C)(C)C)c1cc(C)cc(C)c1OP(=O)([O-])O2.[Na+]. The second kappa shape index (κ2) is 8.88. The summed E-state index contributed by atoms with van der Waals surface area (Å²) in [5, 5.41) is 0. The molecule has 0 unspecified atom stereocenters. The second-order valence-electron chi connectivity index (χ2n) is 10.8. The van der Waals surface area contributed by atoms with Crippen LogP contribution in [0.15, 0.2) is 24.3 Å². The van der Waals surface area contributed by atoms with Crippen LogP contribution in [0.25, 0.3) is 0 Å². The van der Waals surface area contributed by atoms with Crippen LogP contribution in [0.5, 0.6) is 11.5 Å². The number of aryl methyl sites for hydroxylation is 4. The molecular weight excluding hydrogens is 418 g/mol. The molecule has 6 heteroatoms. The van der Waals surface area contributed by atoms with Crippen molar-refractivity contribution in [1.29, 1.82) is 0 Å². The van der Waals surface area contributed by atoms with Crippen LogP contribution >= 0.6 is 7.82 Å². The summed E-state index contributed by atoms with van der Waals surface area (Å²) in [4.78, 5) is 12.8. The van der Waals surface area contributed by atoms with Crippen molar-refractivity contribution in [2.75, 3.05) is 0 Å². The molecule has 0 aliphatic carbocycles. The van der Waals surface area contributed by atoms with Crippen molar-refractivity contribution >= 4 is 7.82 Å². The van der Waals surface area contributed by atoms with E-state index in [0.29, 0.717) is 11.5 Å². The quantitative estimate of drug-likeness (QED) is 0.514. The van der Waals surface area contributed by atoms with Gasteiger partial charge in [-0.05, 0) is 56.1 Å². The summed E-state index contributed by atoms with van der Waals surface area (Å²) < 4.78 is 24.0. The van der Waals surface area contributed by atoms with E-state index in [1.165, 1.54) is 0 Å². The van der Waals surface area contributed by atoms with E-state index in [1.807, 2.05) is 39.8 Å². The Morgan fingerprint density at radius 1 is 0.839 bits per heavy atom. The minimum absolute atomic E-state index is 0. The van der Waals surface area contributed by atoms with Crippen LogP contribution in [0, 0.1) is 38.5 Å². The molecule has 0 N–H and O–H groups in total. The van der Waals surface area contributed by atoms with Crippen LogP contribution in [-0.4, -0.2) is 0 Å². The zero-order valence-electron chi connectivity index (χ0n) is 20.7. The number of fused-ring (bicyclic) bond motifs is 2. The van der Waals surface area contributed by atoms with Gasteiger partial charge in [-0.1, -0.05) is 70.0 Å². The van der Waals surface area contributed by atoms with Gasteiger partial charge in [-0.25, -0.2) is 4.57 Å². The number of benzene rings is 2. The third-order valence-electron chi connectivity index (χ3n) is 5.69. The van der Waals surface area contributed by atoms with E-state index in [9.17, 15) is 9.46 Å². The zero-order chi connectivity index (χ0) is 22.6. The van der Waals surface area contributed by atoms with Crippen LogP contribution in [0.3, 0.4) is 0 Å². The van der Waals surface area contributed by atoms with Crippen LogP contribution in [0.4, 0.5) is 0 Å². The summed E-state index contributed by atoms with van der Waals surface area (Å²) in [6.45, 7) is 19.1. The van der Waals surface area contributed by atoms with E-state index in [0.717, 1.165) is 39.8 Å². The van der Waals surface area contributed by atoms with Crippen LogP contribution in [0.2, 0.25) is 0 Å². The molecule has 0 radical (unpaired) electrons. The first kappa shape index (κ1) is 26.5. The van der Waals surface area contributed by atoms with Gasteiger partial charge < -0.3 is 13.9 Å². The Morgan fingerprint density at radius 2 is 1.23 bits per heavy atom. The van der Waals surface area contributed by atoms with Crippen LogP contribution < -0.4 is 43.5 Å². The maximum absolute atomic E-state index is 12.8. The smallest absolute Gasteiger partial charge is 0.736 e. The van der Waals surface area contributed by atoms with Crippen molar-refractivity contribution in [3.63, 3.8) is 0 Å². The van der Waals surface area contributed by atoms with Gasteiger partial charge in [-0.2, -0.15) is 0 Å². The Balaban J connectivity index is 0.00000341. The van der Waals surface area contributed by atoms with Gasteiger partial charge in [0.2, 0.25) is 0 Å². The average molecular weight is 453 g/mol. The van der Waals surface area contributed by atoms with E-state index in [-0.39, 0.29) is 46.3 Å². The second-order valence-corrected chi connectivity index (χ2v) is 12.0. The molecule has 2 aromatic rings. The molecule has 1 aliphatic rings. The number of phosphoric ester groups is 1. The van der Waals surface area contributed by atoms with E-state index in [4.69, 9.17) is 9.05 Å². The first-order chi connectivity index (χ1) is 13.6. The van der Waals surface area contributed by atoms with Crippen molar-refractivity contribution in [3.8, 4) is 11.5 Å². The molecule has 4 nitrogen and oxygen atoms in total. The summed E-state index contributed by atoms with van der Waals surface area (Å²) in [6, 6.07) is 8.06. The minimum Gasteiger partial charge on any atom is -0.736 e. The molecule has 1 heterocycles. The summed E-state index contributed by atoms with van der Waals surface area (Å²) in [7, 11) is -4.58. The van der Waals surface area contributed by atoms with Gasteiger partial charge in [0.15, 0.2) is 0 Å². The van der Waals surface area contributed by atoms with Crippen molar-refractivity contribution in [3.05, 3.63) is 57.6 Å². The van der Waals surface area contributed by atoms with E-state index < -0.39 is 7.82 Å². The van der Waals surface area contributed by atoms with Gasteiger partial charge in [0.05, 0.1) is 0 Å². The molecule has 0 aromatic heterocycles. The third-order valence-corrected chi connectivity index (χ3v) is 6.50. The predicted octanol–water partition coefficient (Wildman–Crippen LogP) is 3.76. The number of phosphoric acid groups is 1. The molecule has 3 rings (SSSR count). The minimum atomic E-state index is -4.58. The van der Waals surface area contributed by atoms with Gasteiger partial charge in [0, 0.05) is 17.0 Å². The number of hydrogen-bond donors (Lipinski definition) is 0. The Bertz CT molecular complexity index is 971. The van der Waals surface area contributed by atoms with Gasteiger partial charge in [0.1, 0.15) is 11.5 Å². The summed E-state index contributed by atoms with van der Waals surface area (Å²) in [5.74, 6) is 0.714. The summed E-state index contributed by atoms with van der Waals surface area (Å²) in [6.07, 6.45) is 0.943. The Kier molecular flexibility index (Phi) is 7.58. The topological polar surface area (TPSA) is 58.6 Å².